The third-order valence-corrected chi connectivity index (χ3v) is 4.60. The first-order chi connectivity index (χ1) is 13.7. The lowest BCUT2D eigenvalue weighted by Gasteiger charge is -2.24. The van der Waals surface area contributed by atoms with Crippen LogP contribution in [-0.4, -0.2) is 29.2 Å². The maximum atomic E-state index is 14.1. The molecule has 1 atom stereocenters. The van der Waals surface area contributed by atoms with Crippen molar-refractivity contribution in [2.24, 2.45) is 5.16 Å². The van der Waals surface area contributed by atoms with Crippen molar-refractivity contribution in [1.82, 2.24) is 4.90 Å². The summed E-state index contributed by atoms with van der Waals surface area (Å²) in [5.41, 5.74) is 2.26. The van der Waals surface area contributed by atoms with Crippen LogP contribution in [0.15, 0.2) is 82.6 Å². The molecule has 0 saturated heterocycles. The second kappa shape index (κ2) is 8.08. The van der Waals surface area contributed by atoms with Gasteiger partial charge >= 0.3 is 0 Å². The number of amides is 1. The van der Waals surface area contributed by atoms with E-state index in [1.165, 1.54) is 17.2 Å². The van der Waals surface area contributed by atoms with Crippen LogP contribution in [0.3, 0.4) is 0 Å². The van der Waals surface area contributed by atoms with Crippen molar-refractivity contribution in [3.63, 3.8) is 0 Å². The Hall–Kier alpha value is -3.41. The Labute approximate surface area is 162 Å². The number of benzene rings is 2. The quantitative estimate of drug-likeness (QED) is 0.644. The van der Waals surface area contributed by atoms with Crippen LogP contribution in [0.4, 0.5) is 4.39 Å². The maximum Gasteiger partial charge on any atom is 0.289 e. The Morgan fingerprint density at radius 2 is 1.86 bits per heavy atom. The highest BCUT2D eigenvalue weighted by molar-refractivity contribution is 6.01. The smallest absolute Gasteiger partial charge is 0.289 e. The Morgan fingerprint density at radius 1 is 1.07 bits per heavy atom. The lowest BCUT2D eigenvalue weighted by Crippen LogP contribution is -2.37. The SMILES string of the molecule is O=C(c1ccco1)N(Cc1ccccc1F)CC1CC(c2ccccc2)=NO1. The molecule has 3 aromatic rings. The molecule has 5 nitrogen and oxygen atoms in total. The molecule has 6 heteroatoms. The minimum absolute atomic E-state index is 0.118. The van der Waals surface area contributed by atoms with Gasteiger partial charge in [0.25, 0.3) is 5.91 Å². The van der Waals surface area contributed by atoms with Crippen LogP contribution in [0.5, 0.6) is 0 Å². The number of carbonyl (C=O) groups excluding carboxylic acids is 1. The zero-order valence-electron chi connectivity index (χ0n) is 15.1. The van der Waals surface area contributed by atoms with Gasteiger partial charge < -0.3 is 14.2 Å². The van der Waals surface area contributed by atoms with E-state index in [1.54, 1.807) is 30.3 Å². The van der Waals surface area contributed by atoms with E-state index in [2.05, 4.69) is 5.16 Å². The van der Waals surface area contributed by atoms with Crippen molar-refractivity contribution < 1.29 is 18.4 Å². The minimum Gasteiger partial charge on any atom is -0.459 e. The molecule has 1 unspecified atom stereocenters. The number of halogens is 1. The molecule has 1 aromatic heterocycles. The van der Waals surface area contributed by atoms with Gasteiger partial charge in [0, 0.05) is 18.5 Å². The van der Waals surface area contributed by atoms with Crippen LogP contribution in [-0.2, 0) is 11.4 Å². The normalized spacial score (nSPS) is 15.8. The molecule has 2 heterocycles. The van der Waals surface area contributed by atoms with Gasteiger partial charge in [0.1, 0.15) is 5.82 Å². The van der Waals surface area contributed by atoms with Gasteiger partial charge in [-0.05, 0) is 23.8 Å². The fraction of sp³-hybridized carbons (Fsp3) is 0.182. The highest BCUT2D eigenvalue weighted by atomic mass is 19.1. The largest absolute Gasteiger partial charge is 0.459 e. The molecule has 142 valence electrons. The first-order valence-corrected chi connectivity index (χ1v) is 9.05. The van der Waals surface area contributed by atoms with Crippen LogP contribution in [0.1, 0.15) is 28.1 Å². The predicted molar refractivity (Wildman–Crippen MR) is 102 cm³/mol. The number of oxime groups is 1. The van der Waals surface area contributed by atoms with E-state index in [0.29, 0.717) is 12.0 Å². The summed E-state index contributed by atoms with van der Waals surface area (Å²) in [6.07, 6.45) is 1.71. The van der Waals surface area contributed by atoms with Crippen molar-refractivity contribution in [3.05, 3.63) is 95.7 Å². The van der Waals surface area contributed by atoms with E-state index in [9.17, 15) is 9.18 Å². The lowest BCUT2D eigenvalue weighted by atomic mass is 10.0. The molecule has 0 radical (unpaired) electrons. The third kappa shape index (κ3) is 3.96. The van der Waals surface area contributed by atoms with Crippen LogP contribution < -0.4 is 0 Å². The van der Waals surface area contributed by atoms with Gasteiger partial charge in [0.2, 0.25) is 0 Å². The Bertz CT molecular complexity index is 970. The number of rotatable bonds is 6. The topological polar surface area (TPSA) is 55.0 Å². The minimum atomic E-state index is -0.353. The van der Waals surface area contributed by atoms with E-state index in [4.69, 9.17) is 9.25 Å². The molecule has 0 bridgehead atoms. The molecule has 2 aromatic carbocycles. The summed E-state index contributed by atoms with van der Waals surface area (Å²) in [5, 5.41) is 4.17. The van der Waals surface area contributed by atoms with E-state index >= 15 is 0 Å². The predicted octanol–water partition coefficient (Wildman–Crippen LogP) is 4.25. The van der Waals surface area contributed by atoms with Crippen molar-refractivity contribution in [3.8, 4) is 0 Å². The third-order valence-electron chi connectivity index (χ3n) is 4.60. The average Bonchev–Trinajstić information content (AvgIpc) is 3.41. The summed E-state index contributed by atoms with van der Waals surface area (Å²) in [6.45, 7) is 0.389. The number of carbonyl (C=O) groups is 1. The fourth-order valence-corrected chi connectivity index (χ4v) is 3.18. The number of hydrogen-bond donors (Lipinski definition) is 0. The summed E-state index contributed by atoms with van der Waals surface area (Å²) < 4.78 is 19.4. The lowest BCUT2D eigenvalue weighted by molar-refractivity contribution is 0.0385. The van der Waals surface area contributed by atoms with E-state index in [1.807, 2.05) is 30.3 Å². The summed E-state index contributed by atoms with van der Waals surface area (Å²) in [7, 11) is 0. The Morgan fingerprint density at radius 3 is 2.61 bits per heavy atom. The Balaban J connectivity index is 1.50. The summed E-state index contributed by atoms with van der Waals surface area (Å²) in [4.78, 5) is 20.0. The summed E-state index contributed by atoms with van der Waals surface area (Å²) in [6, 6.07) is 19.4. The first-order valence-electron chi connectivity index (χ1n) is 9.05. The molecule has 1 amide bonds. The zero-order chi connectivity index (χ0) is 19.3. The number of hydrogen-bond acceptors (Lipinski definition) is 4. The molecule has 1 aliphatic rings. The molecule has 4 rings (SSSR count). The fourth-order valence-electron chi connectivity index (χ4n) is 3.18. The van der Waals surface area contributed by atoms with Crippen molar-refractivity contribution in [2.45, 2.75) is 19.1 Å². The van der Waals surface area contributed by atoms with Crippen molar-refractivity contribution in [2.75, 3.05) is 6.54 Å². The van der Waals surface area contributed by atoms with Crippen LogP contribution in [0, 0.1) is 5.82 Å². The van der Waals surface area contributed by atoms with Crippen molar-refractivity contribution >= 4 is 11.6 Å². The summed E-state index contributed by atoms with van der Waals surface area (Å²) >= 11 is 0. The molecule has 0 saturated carbocycles. The van der Waals surface area contributed by atoms with E-state index < -0.39 is 0 Å². The number of nitrogens with zero attached hydrogens (tertiary/aromatic N) is 2. The van der Waals surface area contributed by atoms with Crippen LogP contribution in [0.2, 0.25) is 0 Å². The highest BCUT2D eigenvalue weighted by Crippen LogP contribution is 2.20. The molecular formula is C22H19FN2O3. The van der Waals surface area contributed by atoms with Gasteiger partial charge in [0.15, 0.2) is 11.9 Å². The molecule has 0 aliphatic carbocycles. The standard InChI is InChI=1S/C22H19FN2O3/c23-19-10-5-4-9-17(19)14-25(22(26)21-11-6-12-27-21)15-18-13-20(24-28-18)16-7-2-1-3-8-16/h1-12,18H,13-15H2. The zero-order valence-corrected chi connectivity index (χ0v) is 15.1. The summed E-state index contributed by atoms with van der Waals surface area (Å²) in [5.74, 6) is -0.461. The van der Waals surface area contributed by atoms with Crippen LogP contribution in [0.25, 0.3) is 0 Å². The Kier molecular flexibility index (Phi) is 5.19. The molecule has 0 fully saturated rings. The number of furan rings is 1. The van der Waals surface area contributed by atoms with Gasteiger partial charge in [-0.2, -0.15) is 0 Å². The van der Waals surface area contributed by atoms with Gasteiger partial charge in [0.05, 0.1) is 18.5 Å². The van der Waals surface area contributed by atoms with Gasteiger partial charge in [-0.1, -0.05) is 53.7 Å². The first kappa shape index (κ1) is 18.0. The second-order valence-corrected chi connectivity index (χ2v) is 6.59. The molecule has 1 aliphatic heterocycles. The molecule has 28 heavy (non-hydrogen) atoms. The second-order valence-electron chi connectivity index (χ2n) is 6.59. The van der Waals surface area contributed by atoms with Crippen LogP contribution >= 0.6 is 0 Å². The monoisotopic (exact) mass is 378 g/mol. The molecule has 0 N–H and O–H groups in total. The van der Waals surface area contributed by atoms with Gasteiger partial charge in [-0.3, -0.25) is 4.79 Å². The van der Waals surface area contributed by atoms with Crippen molar-refractivity contribution in [1.29, 1.82) is 0 Å². The highest BCUT2D eigenvalue weighted by Gasteiger charge is 2.28. The molecule has 0 spiro atoms. The molecular weight excluding hydrogens is 359 g/mol. The maximum absolute atomic E-state index is 14.1. The average molecular weight is 378 g/mol. The van der Waals surface area contributed by atoms with Gasteiger partial charge in [-0.15, -0.1) is 0 Å². The van der Waals surface area contributed by atoms with E-state index in [-0.39, 0.29) is 36.7 Å². The van der Waals surface area contributed by atoms with E-state index in [0.717, 1.165) is 11.3 Å². The van der Waals surface area contributed by atoms with Gasteiger partial charge in [-0.25, -0.2) is 4.39 Å².